The fourth-order valence-electron chi connectivity index (χ4n) is 6.60. The molecule has 6 heteroatoms. The van der Waals surface area contributed by atoms with Crippen molar-refractivity contribution in [2.45, 2.75) is 52.6 Å². The molecule has 0 aliphatic carbocycles. The molecule has 0 fully saturated rings. The quantitative estimate of drug-likeness (QED) is 0.196. The second-order valence-electron chi connectivity index (χ2n) is 11.4. The maximum atomic E-state index is 14.4. The summed E-state index contributed by atoms with van der Waals surface area (Å²) in [6.07, 6.45) is 1.66. The lowest BCUT2D eigenvalue weighted by atomic mass is 9.90. The number of aromatic nitrogens is 1. The summed E-state index contributed by atoms with van der Waals surface area (Å²) in [5.41, 5.74) is 5.96. The van der Waals surface area contributed by atoms with Crippen molar-refractivity contribution in [3.05, 3.63) is 95.6 Å². The van der Waals surface area contributed by atoms with Gasteiger partial charge in [0, 0.05) is 35.6 Å². The van der Waals surface area contributed by atoms with E-state index in [-0.39, 0.29) is 17.7 Å². The van der Waals surface area contributed by atoms with Gasteiger partial charge in [-0.3, -0.25) is 9.59 Å². The third-order valence-corrected chi connectivity index (χ3v) is 9.06. The SMILES string of the molecule is CCC(C)C(C(=O)NCCCN(CC)CC)N1C(=O)c2ccccc2C1c1c(-c2ccccc2)n(C)c2ccccc12. The summed E-state index contributed by atoms with van der Waals surface area (Å²) in [6.45, 7) is 12.0. The zero-order valence-corrected chi connectivity index (χ0v) is 25.6. The van der Waals surface area contributed by atoms with Gasteiger partial charge >= 0.3 is 0 Å². The van der Waals surface area contributed by atoms with E-state index in [0.29, 0.717) is 12.1 Å². The molecular weight excluding hydrogens is 520 g/mol. The molecule has 3 atom stereocenters. The second kappa shape index (κ2) is 13.0. The molecule has 1 aromatic heterocycles. The Morgan fingerprint density at radius 3 is 2.31 bits per heavy atom. The summed E-state index contributed by atoms with van der Waals surface area (Å²) in [7, 11) is 2.09. The van der Waals surface area contributed by atoms with E-state index in [2.05, 4.69) is 104 Å². The number of nitrogens with zero attached hydrogens (tertiary/aromatic N) is 3. The minimum atomic E-state index is -0.601. The lowest BCUT2D eigenvalue weighted by Crippen LogP contribution is -2.52. The van der Waals surface area contributed by atoms with Crippen molar-refractivity contribution >= 4 is 22.7 Å². The van der Waals surface area contributed by atoms with Gasteiger partial charge in [0.25, 0.3) is 5.91 Å². The molecular formula is C36H44N4O2. The minimum Gasteiger partial charge on any atom is -0.354 e. The first-order valence-corrected chi connectivity index (χ1v) is 15.5. The van der Waals surface area contributed by atoms with Gasteiger partial charge in [-0.2, -0.15) is 0 Å². The van der Waals surface area contributed by atoms with Crippen LogP contribution < -0.4 is 5.32 Å². The fraction of sp³-hybridized carbons (Fsp3) is 0.389. The Morgan fingerprint density at radius 2 is 1.60 bits per heavy atom. The third kappa shape index (κ3) is 5.36. The van der Waals surface area contributed by atoms with Crippen LogP contribution in [0.15, 0.2) is 78.9 Å². The first-order valence-electron chi connectivity index (χ1n) is 15.5. The summed E-state index contributed by atoms with van der Waals surface area (Å²) >= 11 is 0. The van der Waals surface area contributed by atoms with Crippen LogP contribution in [0, 0.1) is 5.92 Å². The number of aryl methyl sites for hydroxylation is 1. The molecule has 1 aliphatic heterocycles. The van der Waals surface area contributed by atoms with Gasteiger partial charge in [0.1, 0.15) is 6.04 Å². The van der Waals surface area contributed by atoms with Crippen LogP contribution in [-0.2, 0) is 11.8 Å². The highest BCUT2D eigenvalue weighted by Crippen LogP contribution is 2.48. The monoisotopic (exact) mass is 564 g/mol. The number of carbonyl (C=O) groups is 2. The van der Waals surface area contributed by atoms with E-state index in [1.807, 2.05) is 29.2 Å². The molecule has 6 nitrogen and oxygen atoms in total. The lowest BCUT2D eigenvalue weighted by Gasteiger charge is -2.36. The Kier molecular flexibility index (Phi) is 9.12. The van der Waals surface area contributed by atoms with Crippen molar-refractivity contribution in [3.63, 3.8) is 0 Å². The Hall–Kier alpha value is -3.90. The molecule has 1 aliphatic rings. The Morgan fingerprint density at radius 1 is 0.929 bits per heavy atom. The molecule has 4 aromatic rings. The fourth-order valence-corrected chi connectivity index (χ4v) is 6.60. The van der Waals surface area contributed by atoms with Crippen LogP contribution in [0.2, 0.25) is 0 Å². The maximum absolute atomic E-state index is 14.4. The van der Waals surface area contributed by atoms with Crippen molar-refractivity contribution in [2.75, 3.05) is 26.2 Å². The maximum Gasteiger partial charge on any atom is 0.255 e. The highest BCUT2D eigenvalue weighted by Gasteiger charge is 2.47. The molecule has 220 valence electrons. The molecule has 0 radical (unpaired) electrons. The van der Waals surface area contributed by atoms with Gasteiger partial charge in [0.05, 0.1) is 11.7 Å². The van der Waals surface area contributed by atoms with Crippen LogP contribution in [0.1, 0.15) is 68.1 Å². The van der Waals surface area contributed by atoms with E-state index in [0.717, 1.165) is 65.8 Å². The number of hydrogen-bond donors (Lipinski definition) is 1. The van der Waals surface area contributed by atoms with Crippen molar-refractivity contribution in [3.8, 4) is 11.3 Å². The van der Waals surface area contributed by atoms with Crippen LogP contribution in [0.5, 0.6) is 0 Å². The van der Waals surface area contributed by atoms with Gasteiger partial charge in [-0.25, -0.2) is 0 Å². The van der Waals surface area contributed by atoms with E-state index < -0.39 is 12.1 Å². The summed E-state index contributed by atoms with van der Waals surface area (Å²) in [6, 6.07) is 25.7. The van der Waals surface area contributed by atoms with Crippen LogP contribution in [-0.4, -0.2) is 58.4 Å². The molecule has 2 heterocycles. The van der Waals surface area contributed by atoms with Gasteiger partial charge < -0.3 is 19.7 Å². The van der Waals surface area contributed by atoms with Gasteiger partial charge in [-0.05, 0) is 55.2 Å². The molecule has 3 aromatic carbocycles. The van der Waals surface area contributed by atoms with Crippen molar-refractivity contribution in [2.24, 2.45) is 13.0 Å². The number of hydrogen-bond acceptors (Lipinski definition) is 3. The highest BCUT2D eigenvalue weighted by atomic mass is 16.2. The lowest BCUT2D eigenvalue weighted by molar-refractivity contribution is -0.127. The van der Waals surface area contributed by atoms with Crippen LogP contribution in [0.3, 0.4) is 0 Å². The van der Waals surface area contributed by atoms with E-state index in [1.165, 1.54) is 0 Å². The normalized spacial score (nSPS) is 16.2. The molecule has 0 bridgehead atoms. The largest absolute Gasteiger partial charge is 0.354 e. The minimum absolute atomic E-state index is 0.0244. The van der Waals surface area contributed by atoms with Crippen molar-refractivity contribution in [1.29, 1.82) is 0 Å². The molecule has 1 N–H and O–H groups in total. The number of nitrogens with one attached hydrogen (secondary N) is 1. The molecule has 5 rings (SSSR count). The van der Waals surface area contributed by atoms with Crippen LogP contribution in [0.25, 0.3) is 22.2 Å². The average Bonchev–Trinajstić information content (AvgIpc) is 3.48. The zero-order valence-electron chi connectivity index (χ0n) is 25.6. The molecule has 0 saturated carbocycles. The standard InChI is InChI=1S/C36H44N4O2/c1-6-25(4)32(35(41)37-23-16-24-39(7-2)8-3)40-34(27-19-12-13-20-28(27)36(40)42)31-29-21-14-15-22-30(29)38(5)33(31)26-17-10-9-11-18-26/h9-15,17-22,25,32,34H,6-8,16,23-24H2,1-5H3,(H,37,41). The molecule has 42 heavy (non-hydrogen) atoms. The number of amides is 2. The smallest absolute Gasteiger partial charge is 0.255 e. The summed E-state index contributed by atoms with van der Waals surface area (Å²) in [5, 5.41) is 4.32. The predicted octanol–water partition coefficient (Wildman–Crippen LogP) is 6.65. The van der Waals surface area contributed by atoms with E-state index >= 15 is 0 Å². The Bertz CT molecular complexity index is 1540. The Labute approximate surface area is 250 Å². The van der Waals surface area contributed by atoms with Crippen LogP contribution in [0.4, 0.5) is 0 Å². The summed E-state index contributed by atoms with van der Waals surface area (Å²) in [5.74, 6) is -0.175. The average molecular weight is 565 g/mol. The zero-order chi connectivity index (χ0) is 29.8. The number of para-hydroxylation sites is 1. The molecule has 3 unspecified atom stereocenters. The third-order valence-electron chi connectivity index (χ3n) is 9.06. The van der Waals surface area contributed by atoms with Gasteiger partial charge in [0.2, 0.25) is 5.91 Å². The summed E-state index contributed by atoms with van der Waals surface area (Å²) in [4.78, 5) is 32.7. The highest BCUT2D eigenvalue weighted by molar-refractivity contribution is 6.04. The number of benzene rings is 3. The van der Waals surface area contributed by atoms with E-state index in [9.17, 15) is 9.59 Å². The van der Waals surface area contributed by atoms with E-state index in [1.54, 1.807) is 0 Å². The number of fused-ring (bicyclic) bond motifs is 2. The van der Waals surface area contributed by atoms with Gasteiger partial charge in [-0.15, -0.1) is 0 Å². The van der Waals surface area contributed by atoms with Gasteiger partial charge in [0.15, 0.2) is 0 Å². The molecule has 2 amide bonds. The second-order valence-corrected chi connectivity index (χ2v) is 11.4. The van der Waals surface area contributed by atoms with Crippen molar-refractivity contribution < 1.29 is 9.59 Å². The number of rotatable bonds is 12. The summed E-state index contributed by atoms with van der Waals surface area (Å²) < 4.78 is 2.23. The first kappa shape index (κ1) is 29.6. The molecule has 0 spiro atoms. The number of carbonyl (C=O) groups excluding carboxylic acids is 2. The van der Waals surface area contributed by atoms with E-state index in [4.69, 9.17) is 0 Å². The van der Waals surface area contributed by atoms with Crippen molar-refractivity contribution in [1.82, 2.24) is 19.7 Å². The van der Waals surface area contributed by atoms with Gasteiger partial charge in [-0.1, -0.05) is 101 Å². The Balaban J connectivity index is 1.63. The first-order chi connectivity index (χ1) is 20.4. The topological polar surface area (TPSA) is 57.6 Å². The molecule has 0 saturated heterocycles. The van der Waals surface area contributed by atoms with Crippen LogP contribution >= 0.6 is 0 Å². The predicted molar refractivity (Wildman–Crippen MR) is 171 cm³/mol.